The molecule has 0 atom stereocenters. The van der Waals surface area contributed by atoms with Gasteiger partial charge >= 0.3 is 5.00 Å². The van der Waals surface area contributed by atoms with E-state index in [-0.39, 0.29) is 9.92 Å². The number of hydrogen-bond donors (Lipinski definition) is 1. The Bertz CT molecular complexity index is 465. The molecule has 0 radical (unpaired) electrons. The zero-order valence-corrected chi connectivity index (χ0v) is 10.0. The van der Waals surface area contributed by atoms with Crippen molar-refractivity contribution in [2.45, 2.75) is 13.1 Å². The van der Waals surface area contributed by atoms with Crippen LogP contribution >= 0.6 is 22.7 Å². The molecule has 0 aromatic carbocycles. The van der Waals surface area contributed by atoms with Crippen molar-refractivity contribution >= 4 is 27.7 Å². The average molecular weight is 254 g/mol. The van der Waals surface area contributed by atoms with Gasteiger partial charge in [-0.15, -0.1) is 11.3 Å². The van der Waals surface area contributed by atoms with Gasteiger partial charge in [-0.3, -0.25) is 10.1 Å². The summed E-state index contributed by atoms with van der Waals surface area (Å²) in [5, 5.41) is 17.8. The van der Waals surface area contributed by atoms with Gasteiger partial charge in [0.25, 0.3) is 0 Å². The van der Waals surface area contributed by atoms with Gasteiger partial charge in [0.15, 0.2) is 0 Å². The highest BCUT2D eigenvalue weighted by molar-refractivity contribution is 7.13. The molecule has 2 aromatic heterocycles. The lowest BCUT2D eigenvalue weighted by atomic mass is 10.3. The molecule has 2 heterocycles. The summed E-state index contributed by atoms with van der Waals surface area (Å²) in [7, 11) is 0. The van der Waals surface area contributed by atoms with Gasteiger partial charge in [0.05, 0.1) is 4.92 Å². The minimum atomic E-state index is -0.354. The number of rotatable bonds is 5. The minimum absolute atomic E-state index is 0.202. The first-order valence-electron chi connectivity index (χ1n) is 4.70. The van der Waals surface area contributed by atoms with Crippen LogP contribution in [-0.2, 0) is 13.1 Å². The largest absolute Gasteiger partial charge is 0.324 e. The average Bonchev–Trinajstić information content (AvgIpc) is 2.87. The molecule has 4 nitrogen and oxygen atoms in total. The van der Waals surface area contributed by atoms with Crippen molar-refractivity contribution in [3.63, 3.8) is 0 Å². The molecule has 0 aliphatic carbocycles. The predicted octanol–water partition coefficient (Wildman–Crippen LogP) is 3.01. The second-order valence-electron chi connectivity index (χ2n) is 3.23. The molecule has 0 saturated carbocycles. The molecule has 0 unspecified atom stereocenters. The Balaban J connectivity index is 1.83. The van der Waals surface area contributed by atoms with Crippen molar-refractivity contribution in [1.29, 1.82) is 0 Å². The molecule has 0 aliphatic rings. The van der Waals surface area contributed by atoms with E-state index in [9.17, 15) is 10.1 Å². The van der Waals surface area contributed by atoms with E-state index in [2.05, 4.69) is 11.4 Å². The Hall–Kier alpha value is -1.24. The van der Waals surface area contributed by atoms with Gasteiger partial charge in [0, 0.05) is 29.4 Å². The van der Waals surface area contributed by atoms with E-state index >= 15 is 0 Å². The van der Waals surface area contributed by atoms with Gasteiger partial charge < -0.3 is 5.32 Å². The number of nitrogens with one attached hydrogen (secondary N) is 1. The molecule has 0 bridgehead atoms. The molecule has 0 aliphatic heterocycles. The summed E-state index contributed by atoms with van der Waals surface area (Å²) in [6.07, 6.45) is 0. The van der Waals surface area contributed by atoms with E-state index in [1.54, 1.807) is 17.4 Å². The van der Waals surface area contributed by atoms with Crippen molar-refractivity contribution in [3.05, 3.63) is 49.5 Å². The molecule has 0 spiro atoms. The molecule has 0 amide bonds. The zero-order valence-electron chi connectivity index (χ0n) is 8.38. The Morgan fingerprint density at radius 2 is 2.25 bits per heavy atom. The molecule has 2 aromatic rings. The Kier molecular flexibility index (Phi) is 3.66. The number of thiophene rings is 2. The van der Waals surface area contributed by atoms with E-state index in [0.717, 1.165) is 12.1 Å². The van der Waals surface area contributed by atoms with Crippen LogP contribution < -0.4 is 5.32 Å². The predicted molar refractivity (Wildman–Crippen MR) is 65.8 cm³/mol. The molecule has 2 rings (SSSR count). The minimum Gasteiger partial charge on any atom is -0.308 e. The first-order chi connectivity index (χ1) is 7.75. The van der Waals surface area contributed by atoms with E-state index in [1.165, 1.54) is 16.2 Å². The zero-order chi connectivity index (χ0) is 11.4. The van der Waals surface area contributed by atoms with Crippen LogP contribution in [0.2, 0.25) is 0 Å². The summed E-state index contributed by atoms with van der Waals surface area (Å²) >= 11 is 2.87. The van der Waals surface area contributed by atoms with Crippen LogP contribution in [0.25, 0.3) is 0 Å². The number of nitrogens with zero attached hydrogens (tertiary/aromatic N) is 1. The highest BCUT2D eigenvalue weighted by atomic mass is 32.1. The quantitative estimate of drug-likeness (QED) is 0.659. The SMILES string of the molecule is O=[N+]([O-])c1cc(CNCc2cccs2)cs1. The maximum Gasteiger partial charge on any atom is 0.324 e. The van der Waals surface area contributed by atoms with Crippen molar-refractivity contribution in [1.82, 2.24) is 5.32 Å². The third-order valence-corrected chi connectivity index (χ3v) is 3.83. The van der Waals surface area contributed by atoms with Crippen LogP contribution in [0.4, 0.5) is 5.00 Å². The van der Waals surface area contributed by atoms with Crippen LogP contribution in [-0.4, -0.2) is 4.92 Å². The normalized spacial score (nSPS) is 10.5. The molecule has 0 fully saturated rings. The smallest absolute Gasteiger partial charge is 0.308 e. The highest BCUT2D eigenvalue weighted by Gasteiger charge is 2.08. The summed E-state index contributed by atoms with van der Waals surface area (Å²) < 4.78 is 0. The summed E-state index contributed by atoms with van der Waals surface area (Å²) in [5.74, 6) is 0. The fourth-order valence-corrected chi connectivity index (χ4v) is 2.70. The lowest BCUT2D eigenvalue weighted by Crippen LogP contribution is -2.10. The summed E-state index contributed by atoms with van der Waals surface area (Å²) in [6, 6.07) is 5.69. The van der Waals surface area contributed by atoms with E-state index in [1.807, 2.05) is 16.8 Å². The van der Waals surface area contributed by atoms with Crippen LogP contribution in [0.1, 0.15) is 10.4 Å². The van der Waals surface area contributed by atoms with E-state index < -0.39 is 0 Å². The second-order valence-corrected chi connectivity index (χ2v) is 5.16. The lowest BCUT2D eigenvalue weighted by molar-refractivity contribution is -0.380. The van der Waals surface area contributed by atoms with Gasteiger partial charge in [-0.05, 0) is 17.0 Å². The fraction of sp³-hybridized carbons (Fsp3) is 0.200. The van der Waals surface area contributed by atoms with Crippen LogP contribution in [0.15, 0.2) is 29.0 Å². The van der Waals surface area contributed by atoms with E-state index in [0.29, 0.717) is 6.54 Å². The van der Waals surface area contributed by atoms with Gasteiger partial charge in [-0.2, -0.15) is 0 Å². The Morgan fingerprint density at radius 3 is 2.88 bits per heavy atom. The molecule has 1 N–H and O–H groups in total. The van der Waals surface area contributed by atoms with Crippen molar-refractivity contribution < 1.29 is 4.92 Å². The molecule has 6 heteroatoms. The molecule has 0 saturated heterocycles. The van der Waals surface area contributed by atoms with Crippen molar-refractivity contribution in [3.8, 4) is 0 Å². The van der Waals surface area contributed by atoms with Crippen LogP contribution in [0, 0.1) is 10.1 Å². The first kappa shape index (κ1) is 11.3. The van der Waals surface area contributed by atoms with Crippen molar-refractivity contribution in [2.24, 2.45) is 0 Å². The number of nitro groups is 1. The molecular formula is C10H10N2O2S2. The van der Waals surface area contributed by atoms with E-state index in [4.69, 9.17) is 0 Å². The Labute approximate surface area is 101 Å². The second kappa shape index (κ2) is 5.20. The van der Waals surface area contributed by atoms with Gasteiger partial charge in [-0.25, -0.2) is 0 Å². The topological polar surface area (TPSA) is 55.2 Å². The summed E-state index contributed by atoms with van der Waals surface area (Å²) in [5.41, 5.74) is 0.966. The van der Waals surface area contributed by atoms with Crippen LogP contribution in [0.5, 0.6) is 0 Å². The molecular weight excluding hydrogens is 244 g/mol. The first-order valence-corrected chi connectivity index (χ1v) is 6.46. The standard InChI is InChI=1S/C10H10N2O2S2/c13-12(14)10-4-8(7-16-10)5-11-6-9-2-1-3-15-9/h1-4,7,11H,5-6H2. The molecule has 16 heavy (non-hydrogen) atoms. The fourth-order valence-electron chi connectivity index (χ4n) is 1.29. The summed E-state index contributed by atoms with van der Waals surface area (Å²) in [6.45, 7) is 1.48. The Morgan fingerprint density at radius 1 is 1.38 bits per heavy atom. The van der Waals surface area contributed by atoms with Gasteiger partial charge in [0.2, 0.25) is 0 Å². The van der Waals surface area contributed by atoms with Crippen molar-refractivity contribution in [2.75, 3.05) is 0 Å². The third kappa shape index (κ3) is 2.88. The number of hydrogen-bond acceptors (Lipinski definition) is 5. The maximum atomic E-state index is 10.5. The lowest BCUT2D eigenvalue weighted by Gasteiger charge is -1.99. The molecule has 84 valence electrons. The monoisotopic (exact) mass is 254 g/mol. The maximum absolute atomic E-state index is 10.5. The third-order valence-electron chi connectivity index (χ3n) is 2.03. The van der Waals surface area contributed by atoms with Crippen LogP contribution in [0.3, 0.4) is 0 Å². The highest BCUT2D eigenvalue weighted by Crippen LogP contribution is 2.22. The summed E-state index contributed by atoms with van der Waals surface area (Å²) in [4.78, 5) is 11.4. The van der Waals surface area contributed by atoms with Gasteiger partial charge in [0.1, 0.15) is 0 Å². The van der Waals surface area contributed by atoms with Gasteiger partial charge in [-0.1, -0.05) is 17.4 Å².